The number of aryl methyl sites for hydroxylation is 1. The van der Waals surface area contributed by atoms with Crippen LogP contribution in [0.3, 0.4) is 0 Å². The Morgan fingerprint density at radius 3 is 2.61 bits per heavy atom. The molecule has 8 heteroatoms. The molecule has 198 valence electrons. The Balaban J connectivity index is 1.34. The van der Waals surface area contributed by atoms with E-state index in [1.165, 1.54) is 22.9 Å². The number of nitrogens with one attached hydrogen (secondary N) is 1. The monoisotopic (exact) mass is 522 g/mol. The van der Waals surface area contributed by atoms with Crippen LogP contribution in [0.2, 0.25) is 0 Å². The summed E-state index contributed by atoms with van der Waals surface area (Å²) in [5.41, 5.74) is 5.89. The molecule has 3 heterocycles. The molecule has 1 aromatic heterocycles. The zero-order valence-corrected chi connectivity index (χ0v) is 21.5. The average Bonchev–Trinajstić information content (AvgIpc) is 3.26. The highest BCUT2D eigenvalue weighted by atomic mass is 19.4. The number of H-pyrrole nitrogens is 1. The van der Waals surface area contributed by atoms with E-state index in [0.29, 0.717) is 17.1 Å². The van der Waals surface area contributed by atoms with E-state index in [9.17, 15) is 13.2 Å². The maximum atomic E-state index is 13.7. The van der Waals surface area contributed by atoms with Crippen molar-refractivity contribution < 1.29 is 27.4 Å². The summed E-state index contributed by atoms with van der Waals surface area (Å²) in [7, 11) is 3.23. The van der Waals surface area contributed by atoms with Crippen LogP contribution in [0.5, 0.6) is 17.2 Å². The molecular formula is C30H29F3N2O3. The molecule has 2 aliphatic rings. The molecule has 2 aliphatic heterocycles. The number of aromatic amines is 1. The van der Waals surface area contributed by atoms with E-state index < -0.39 is 11.7 Å². The second-order valence-corrected chi connectivity index (χ2v) is 10.1. The van der Waals surface area contributed by atoms with Gasteiger partial charge in [-0.15, -0.1) is 0 Å². The number of halogens is 3. The molecule has 38 heavy (non-hydrogen) atoms. The van der Waals surface area contributed by atoms with E-state index in [1.807, 2.05) is 18.2 Å². The molecule has 5 nitrogen and oxygen atoms in total. The number of hydrogen-bond acceptors (Lipinski definition) is 4. The Labute approximate surface area is 219 Å². The van der Waals surface area contributed by atoms with Gasteiger partial charge in [0.15, 0.2) is 11.5 Å². The van der Waals surface area contributed by atoms with Crippen LogP contribution >= 0.6 is 0 Å². The predicted octanol–water partition coefficient (Wildman–Crippen LogP) is 6.75. The second-order valence-electron chi connectivity index (χ2n) is 10.1. The van der Waals surface area contributed by atoms with Gasteiger partial charge in [0.1, 0.15) is 12.4 Å². The maximum Gasteiger partial charge on any atom is 0.416 e. The molecule has 1 unspecified atom stereocenters. The molecule has 0 spiro atoms. The molecule has 0 aliphatic carbocycles. The van der Waals surface area contributed by atoms with Crippen molar-refractivity contribution >= 4 is 10.9 Å². The summed E-state index contributed by atoms with van der Waals surface area (Å²) in [6, 6.07) is 14.5. The largest absolute Gasteiger partial charge is 0.497 e. The first-order chi connectivity index (χ1) is 18.2. The van der Waals surface area contributed by atoms with Crippen LogP contribution < -0.4 is 14.2 Å². The SMILES string of the molecule is COc1ccc2[nH]c3c(c2c1)CC1c2cc(OCc4ccc(C)cc4C(F)(F)F)c(OC)cc2CCN1C3. The number of nitrogens with zero attached hydrogens (tertiary/aromatic N) is 1. The maximum absolute atomic E-state index is 13.7. The number of hydrogen-bond donors (Lipinski definition) is 1. The normalized spacial score (nSPS) is 17.1. The number of ether oxygens (including phenoxy) is 3. The molecule has 6 rings (SSSR count). The van der Waals surface area contributed by atoms with E-state index >= 15 is 0 Å². The van der Waals surface area contributed by atoms with Gasteiger partial charge >= 0.3 is 6.18 Å². The van der Waals surface area contributed by atoms with Gasteiger partial charge in [-0.1, -0.05) is 17.7 Å². The summed E-state index contributed by atoms with van der Waals surface area (Å²) in [5.74, 6) is 1.81. The number of methoxy groups -OCH3 is 2. The smallest absolute Gasteiger partial charge is 0.416 e. The number of aromatic nitrogens is 1. The molecule has 0 saturated carbocycles. The average molecular weight is 523 g/mol. The lowest BCUT2D eigenvalue weighted by Crippen LogP contribution is -2.39. The highest BCUT2D eigenvalue weighted by molar-refractivity contribution is 5.86. The van der Waals surface area contributed by atoms with E-state index in [4.69, 9.17) is 14.2 Å². The fourth-order valence-electron chi connectivity index (χ4n) is 5.87. The van der Waals surface area contributed by atoms with Crippen molar-refractivity contribution in [2.75, 3.05) is 20.8 Å². The van der Waals surface area contributed by atoms with Gasteiger partial charge in [-0.3, -0.25) is 4.90 Å². The first-order valence-corrected chi connectivity index (χ1v) is 12.7. The Bertz CT molecular complexity index is 1530. The highest BCUT2D eigenvalue weighted by Gasteiger charge is 2.36. The van der Waals surface area contributed by atoms with Crippen LogP contribution in [0, 0.1) is 6.92 Å². The standard InChI is InChI=1S/C30H29F3N2O3/c1-17-4-5-19(24(10-17)30(31,32)33)16-38-29-14-21-18(11-28(29)37-3)8-9-35-15-26-23(13-27(21)35)22-12-20(36-2)6-7-25(22)34-26/h4-7,10-12,14,27,34H,8-9,13,15-16H2,1-3H3. The molecule has 4 aromatic rings. The van der Waals surface area contributed by atoms with Gasteiger partial charge in [-0.25, -0.2) is 0 Å². The van der Waals surface area contributed by atoms with Gasteiger partial charge in [0.2, 0.25) is 0 Å². The van der Waals surface area contributed by atoms with Crippen LogP contribution in [-0.2, 0) is 32.2 Å². The zero-order chi connectivity index (χ0) is 26.6. The third-order valence-corrected chi connectivity index (χ3v) is 7.81. The lowest BCUT2D eigenvalue weighted by Gasteiger charge is -2.40. The predicted molar refractivity (Wildman–Crippen MR) is 139 cm³/mol. The van der Waals surface area contributed by atoms with Gasteiger partial charge < -0.3 is 19.2 Å². The van der Waals surface area contributed by atoms with Crippen molar-refractivity contribution in [3.8, 4) is 17.2 Å². The lowest BCUT2D eigenvalue weighted by atomic mass is 9.85. The molecule has 0 fully saturated rings. The molecule has 0 bridgehead atoms. The molecule has 0 radical (unpaired) electrons. The summed E-state index contributed by atoms with van der Waals surface area (Å²) < 4.78 is 58.1. The quantitative estimate of drug-likeness (QED) is 0.315. The third-order valence-electron chi connectivity index (χ3n) is 7.81. The molecule has 0 saturated heterocycles. The summed E-state index contributed by atoms with van der Waals surface area (Å²) in [6.07, 6.45) is -2.77. The van der Waals surface area contributed by atoms with Crippen LogP contribution in [0.4, 0.5) is 13.2 Å². The van der Waals surface area contributed by atoms with Crippen LogP contribution in [-0.4, -0.2) is 30.6 Å². The highest BCUT2D eigenvalue weighted by Crippen LogP contribution is 2.44. The van der Waals surface area contributed by atoms with E-state index in [0.717, 1.165) is 54.2 Å². The number of benzene rings is 3. The molecule has 0 amide bonds. The van der Waals surface area contributed by atoms with Crippen molar-refractivity contribution in [3.63, 3.8) is 0 Å². The van der Waals surface area contributed by atoms with E-state index in [2.05, 4.69) is 22.0 Å². The van der Waals surface area contributed by atoms with Gasteiger partial charge in [-0.2, -0.15) is 13.2 Å². The summed E-state index contributed by atoms with van der Waals surface area (Å²) in [6.45, 7) is 3.16. The van der Waals surface area contributed by atoms with E-state index in [1.54, 1.807) is 27.2 Å². The van der Waals surface area contributed by atoms with Crippen LogP contribution in [0.1, 0.15) is 45.1 Å². The minimum Gasteiger partial charge on any atom is -0.497 e. The molecule has 1 atom stereocenters. The van der Waals surface area contributed by atoms with E-state index in [-0.39, 0.29) is 18.2 Å². The van der Waals surface area contributed by atoms with Crippen LogP contribution in [0.25, 0.3) is 10.9 Å². The molecular weight excluding hydrogens is 493 g/mol. The minimum atomic E-state index is -4.45. The van der Waals surface area contributed by atoms with Crippen molar-refractivity contribution in [3.05, 3.63) is 87.6 Å². The van der Waals surface area contributed by atoms with Gasteiger partial charge in [0.25, 0.3) is 0 Å². The van der Waals surface area contributed by atoms with Crippen molar-refractivity contribution in [1.82, 2.24) is 9.88 Å². The van der Waals surface area contributed by atoms with Crippen molar-refractivity contribution in [1.29, 1.82) is 0 Å². The fourth-order valence-corrected chi connectivity index (χ4v) is 5.87. The first kappa shape index (κ1) is 24.7. The third kappa shape index (κ3) is 4.26. The number of fused-ring (bicyclic) bond motifs is 6. The van der Waals surface area contributed by atoms with Crippen molar-refractivity contribution in [2.24, 2.45) is 0 Å². The van der Waals surface area contributed by atoms with Gasteiger partial charge in [-0.05, 0) is 72.9 Å². The van der Waals surface area contributed by atoms with Gasteiger partial charge in [0.05, 0.1) is 19.8 Å². The first-order valence-electron chi connectivity index (χ1n) is 12.7. The Morgan fingerprint density at radius 2 is 1.84 bits per heavy atom. The summed E-state index contributed by atoms with van der Waals surface area (Å²) in [4.78, 5) is 6.03. The fraction of sp³-hybridized carbons (Fsp3) is 0.333. The topological polar surface area (TPSA) is 46.7 Å². The number of alkyl halides is 3. The second kappa shape index (κ2) is 9.27. The van der Waals surface area contributed by atoms with Gasteiger partial charge in [0, 0.05) is 41.3 Å². The Kier molecular flexibility index (Phi) is 6.02. The Morgan fingerprint density at radius 1 is 1.00 bits per heavy atom. The summed E-state index contributed by atoms with van der Waals surface area (Å²) >= 11 is 0. The number of rotatable bonds is 5. The molecule has 3 aromatic carbocycles. The van der Waals surface area contributed by atoms with Crippen molar-refractivity contribution in [2.45, 2.75) is 45.1 Å². The summed E-state index contributed by atoms with van der Waals surface area (Å²) in [5, 5.41) is 1.16. The Hall–Kier alpha value is -3.65. The lowest BCUT2D eigenvalue weighted by molar-refractivity contribution is -0.138. The molecule has 1 N–H and O–H groups in total. The van der Waals surface area contributed by atoms with Crippen LogP contribution in [0.15, 0.2) is 48.5 Å². The minimum absolute atomic E-state index is 0.0968. The zero-order valence-electron chi connectivity index (χ0n) is 21.5.